The highest BCUT2D eigenvalue weighted by Gasteiger charge is 2.35. The molecule has 114 valence electrons. The van der Waals surface area contributed by atoms with Gasteiger partial charge in [-0.05, 0) is 56.6 Å². The first-order valence-electron chi connectivity index (χ1n) is 7.74. The third kappa shape index (κ3) is 3.86. The van der Waals surface area contributed by atoms with Crippen molar-refractivity contribution in [1.82, 2.24) is 0 Å². The van der Waals surface area contributed by atoms with Crippen LogP contribution in [0.3, 0.4) is 0 Å². The molecule has 1 aromatic heterocycles. The van der Waals surface area contributed by atoms with Crippen molar-refractivity contribution >= 4 is 0 Å². The summed E-state index contributed by atoms with van der Waals surface area (Å²) in [6, 6.07) is 3.89. The summed E-state index contributed by atoms with van der Waals surface area (Å²) in [5.41, 5.74) is 6.46. The number of hydrogen-bond donors (Lipinski definition) is 1. The lowest BCUT2D eigenvalue weighted by atomic mass is 9.71. The van der Waals surface area contributed by atoms with Crippen LogP contribution in [0.4, 0.5) is 0 Å². The molecule has 3 nitrogen and oxygen atoms in total. The monoisotopic (exact) mass is 279 g/mol. The van der Waals surface area contributed by atoms with E-state index in [1.54, 1.807) is 0 Å². The number of furan rings is 1. The summed E-state index contributed by atoms with van der Waals surface area (Å²) in [5, 5.41) is 0. The molecule has 1 aromatic rings. The minimum Gasteiger partial charge on any atom is -0.464 e. The van der Waals surface area contributed by atoms with Gasteiger partial charge < -0.3 is 14.9 Å². The summed E-state index contributed by atoms with van der Waals surface area (Å²) in [7, 11) is 0. The molecule has 0 amide bonds. The second kappa shape index (κ2) is 5.90. The van der Waals surface area contributed by atoms with Crippen LogP contribution in [0.2, 0.25) is 0 Å². The number of aryl methyl sites for hydroxylation is 1. The molecule has 0 aliphatic heterocycles. The van der Waals surface area contributed by atoms with E-state index in [-0.39, 0.29) is 18.2 Å². The van der Waals surface area contributed by atoms with Gasteiger partial charge in [-0.3, -0.25) is 0 Å². The first-order valence-corrected chi connectivity index (χ1v) is 7.74. The Hall–Kier alpha value is -0.800. The zero-order chi connectivity index (χ0) is 14.9. The maximum absolute atomic E-state index is 6.34. The van der Waals surface area contributed by atoms with Gasteiger partial charge in [0.2, 0.25) is 0 Å². The quantitative estimate of drug-likeness (QED) is 0.898. The van der Waals surface area contributed by atoms with Crippen molar-refractivity contribution in [3.8, 4) is 0 Å². The van der Waals surface area contributed by atoms with Gasteiger partial charge in [0.1, 0.15) is 17.6 Å². The van der Waals surface area contributed by atoms with Crippen LogP contribution in [0.5, 0.6) is 0 Å². The fourth-order valence-electron chi connectivity index (χ4n) is 3.63. The van der Waals surface area contributed by atoms with Gasteiger partial charge in [0.15, 0.2) is 0 Å². The predicted molar refractivity (Wildman–Crippen MR) is 81.5 cm³/mol. The highest BCUT2D eigenvalue weighted by Crippen LogP contribution is 2.41. The fraction of sp³-hybridized carbons (Fsp3) is 0.765. The Bertz CT molecular complexity index is 436. The second-order valence-electron chi connectivity index (χ2n) is 7.40. The van der Waals surface area contributed by atoms with Gasteiger partial charge >= 0.3 is 0 Å². The Labute approximate surface area is 122 Å². The maximum atomic E-state index is 6.34. The summed E-state index contributed by atoms with van der Waals surface area (Å²) >= 11 is 0. The zero-order valence-electron chi connectivity index (χ0n) is 13.5. The molecule has 0 aromatic carbocycles. The highest BCUT2D eigenvalue weighted by atomic mass is 16.5. The van der Waals surface area contributed by atoms with Gasteiger partial charge in [-0.15, -0.1) is 0 Å². The Kier molecular flexibility index (Phi) is 4.60. The standard InChI is InChI=1S/C17H29NO2/c1-11-8-14(10-17(4,5)9-11)20-16(13(3)18)15-7-6-12(2)19-15/h6-7,11,13-14,16H,8-10,18H2,1-5H3. The minimum absolute atomic E-state index is 0.0686. The van der Waals surface area contributed by atoms with Gasteiger partial charge in [0.25, 0.3) is 0 Å². The van der Waals surface area contributed by atoms with Crippen molar-refractivity contribution in [3.05, 3.63) is 23.7 Å². The van der Waals surface area contributed by atoms with E-state index in [1.165, 1.54) is 6.42 Å². The van der Waals surface area contributed by atoms with Crippen LogP contribution < -0.4 is 5.73 Å². The summed E-state index contributed by atoms with van der Waals surface area (Å²) < 4.78 is 12.1. The molecule has 1 saturated carbocycles. The number of ether oxygens (including phenoxy) is 1. The van der Waals surface area contributed by atoms with E-state index < -0.39 is 0 Å². The molecule has 1 fully saturated rings. The first-order chi connectivity index (χ1) is 9.27. The van der Waals surface area contributed by atoms with E-state index in [0.29, 0.717) is 11.3 Å². The molecule has 0 saturated heterocycles. The normalized spacial score (nSPS) is 29.1. The van der Waals surface area contributed by atoms with Crippen molar-refractivity contribution in [2.75, 3.05) is 0 Å². The summed E-state index contributed by atoms with van der Waals surface area (Å²) in [5.74, 6) is 2.47. The van der Waals surface area contributed by atoms with Crippen molar-refractivity contribution < 1.29 is 9.15 Å². The van der Waals surface area contributed by atoms with Gasteiger partial charge in [-0.2, -0.15) is 0 Å². The first kappa shape index (κ1) is 15.6. The molecule has 0 bridgehead atoms. The molecule has 1 heterocycles. The summed E-state index contributed by atoms with van der Waals surface area (Å²) in [6.45, 7) is 10.9. The third-order valence-corrected chi connectivity index (χ3v) is 4.20. The van der Waals surface area contributed by atoms with Crippen molar-refractivity contribution in [1.29, 1.82) is 0 Å². The molecule has 4 atom stereocenters. The molecule has 20 heavy (non-hydrogen) atoms. The van der Waals surface area contributed by atoms with E-state index in [4.69, 9.17) is 14.9 Å². The smallest absolute Gasteiger partial charge is 0.134 e. The number of nitrogens with two attached hydrogens (primary N) is 1. The Morgan fingerprint density at radius 3 is 2.55 bits per heavy atom. The van der Waals surface area contributed by atoms with Crippen molar-refractivity contribution in [3.63, 3.8) is 0 Å². The third-order valence-electron chi connectivity index (χ3n) is 4.20. The van der Waals surface area contributed by atoms with E-state index >= 15 is 0 Å². The predicted octanol–water partition coefficient (Wildman–Crippen LogP) is 4.21. The largest absolute Gasteiger partial charge is 0.464 e. The molecule has 3 heteroatoms. The molecule has 4 unspecified atom stereocenters. The van der Waals surface area contributed by atoms with Crippen LogP contribution in [0.15, 0.2) is 16.5 Å². The summed E-state index contributed by atoms with van der Waals surface area (Å²) in [6.07, 6.45) is 3.62. The maximum Gasteiger partial charge on any atom is 0.134 e. The Morgan fingerprint density at radius 1 is 1.35 bits per heavy atom. The van der Waals surface area contributed by atoms with Gasteiger partial charge in [0, 0.05) is 6.04 Å². The van der Waals surface area contributed by atoms with Crippen LogP contribution in [-0.4, -0.2) is 12.1 Å². The molecular weight excluding hydrogens is 250 g/mol. The number of hydrogen-bond acceptors (Lipinski definition) is 3. The molecule has 1 aliphatic carbocycles. The molecule has 2 N–H and O–H groups in total. The highest BCUT2D eigenvalue weighted by molar-refractivity contribution is 5.10. The summed E-state index contributed by atoms with van der Waals surface area (Å²) in [4.78, 5) is 0. The zero-order valence-corrected chi connectivity index (χ0v) is 13.5. The molecule has 0 spiro atoms. The fourth-order valence-corrected chi connectivity index (χ4v) is 3.63. The van der Waals surface area contributed by atoms with Crippen LogP contribution >= 0.6 is 0 Å². The minimum atomic E-state index is -0.144. The average Bonchev–Trinajstić information content (AvgIpc) is 2.69. The average molecular weight is 279 g/mol. The van der Waals surface area contributed by atoms with E-state index in [1.807, 2.05) is 26.0 Å². The van der Waals surface area contributed by atoms with Gasteiger partial charge in [-0.25, -0.2) is 0 Å². The van der Waals surface area contributed by atoms with Crippen LogP contribution in [0, 0.1) is 18.3 Å². The lowest BCUT2D eigenvalue weighted by Gasteiger charge is -2.40. The molecular formula is C17H29NO2. The van der Waals surface area contributed by atoms with E-state index in [2.05, 4.69) is 20.8 Å². The molecule has 0 radical (unpaired) electrons. The van der Waals surface area contributed by atoms with Crippen molar-refractivity contribution in [2.24, 2.45) is 17.1 Å². The topological polar surface area (TPSA) is 48.4 Å². The van der Waals surface area contributed by atoms with E-state index in [0.717, 1.165) is 24.4 Å². The van der Waals surface area contributed by atoms with Gasteiger partial charge in [-0.1, -0.05) is 20.8 Å². The van der Waals surface area contributed by atoms with Gasteiger partial charge in [0.05, 0.1) is 6.10 Å². The Balaban J connectivity index is 2.08. The van der Waals surface area contributed by atoms with Crippen LogP contribution in [-0.2, 0) is 4.74 Å². The molecule has 1 aliphatic rings. The molecule has 2 rings (SSSR count). The number of rotatable bonds is 4. The lowest BCUT2D eigenvalue weighted by molar-refractivity contribution is -0.0809. The van der Waals surface area contributed by atoms with Crippen LogP contribution in [0.1, 0.15) is 64.6 Å². The SMILES string of the molecule is Cc1ccc(C(OC2CC(C)CC(C)(C)C2)C(C)N)o1. The second-order valence-corrected chi connectivity index (χ2v) is 7.40. The Morgan fingerprint density at radius 2 is 2.05 bits per heavy atom. The van der Waals surface area contributed by atoms with Crippen molar-refractivity contribution in [2.45, 2.75) is 72.1 Å². The van der Waals surface area contributed by atoms with Crippen LogP contribution in [0.25, 0.3) is 0 Å². The van der Waals surface area contributed by atoms with E-state index in [9.17, 15) is 0 Å². The lowest BCUT2D eigenvalue weighted by Crippen LogP contribution is -2.36.